The molecule has 6 heteroatoms. The van der Waals surface area contributed by atoms with Crippen LogP contribution in [0.5, 0.6) is 17.2 Å². The molecule has 0 atom stereocenters. The summed E-state index contributed by atoms with van der Waals surface area (Å²) in [5.74, 6) is 1.31. The summed E-state index contributed by atoms with van der Waals surface area (Å²) in [5.41, 5.74) is 1.69. The van der Waals surface area contributed by atoms with Crippen LogP contribution < -0.4 is 14.2 Å². The van der Waals surface area contributed by atoms with Crippen molar-refractivity contribution in [2.45, 2.75) is 19.4 Å². The maximum atomic E-state index is 13.8. The van der Waals surface area contributed by atoms with Gasteiger partial charge in [-0.25, -0.2) is 4.39 Å². The zero-order chi connectivity index (χ0) is 18.5. The van der Waals surface area contributed by atoms with Crippen LogP contribution in [0, 0.1) is 5.82 Å². The average molecular weight is 359 g/mol. The molecule has 1 amide bonds. The number of carbonyl (C=O) groups is 1. The monoisotopic (exact) mass is 359 g/mol. The van der Waals surface area contributed by atoms with E-state index in [1.54, 1.807) is 24.1 Å². The van der Waals surface area contributed by atoms with Gasteiger partial charge in [0, 0.05) is 18.5 Å². The summed E-state index contributed by atoms with van der Waals surface area (Å²) in [7, 11) is 3.03. The van der Waals surface area contributed by atoms with E-state index >= 15 is 0 Å². The summed E-state index contributed by atoms with van der Waals surface area (Å²) in [5, 5.41) is 0. The maximum Gasteiger partial charge on any atom is 0.223 e. The van der Waals surface area contributed by atoms with Crippen molar-refractivity contribution in [3.05, 3.63) is 53.3 Å². The Bertz CT molecular complexity index is 793. The first-order valence-electron chi connectivity index (χ1n) is 8.50. The Morgan fingerprint density at radius 2 is 2.04 bits per heavy atom. The zero-order valence-electron chi connectivity index (χ0n) is 15.0. The molecule has 0 aromatic heterocycles. The lowest BCUT2D eigenvalue weighted by Crippen LogP contribution is -2.32. The van der Waals surface area contributed by atoms with Gasteiger partial charge in [-0.3, -0.25) is 4.79 Å². The predicted molar refractivity (Wildman–Crippen MR) is 95.2 cm³/mol. The number of carbonyl (C=O) groups excluding carboxylic acids is 1. The summed E-state index contributed by atoms with van der Waals surface area (Å²) in [4.78, 5) is 14.4. The van der Waals surface area contributed by atoms with Gasteiger partial charge >= 0.3 is 0 Å². The first-order chi connectivity index (χ1) is 12.6. The zero-order valence-corrected chi connectivity index (χ0v) is 15.0. The SMILES string of the molecule is COc1ccc2c(c1)CN(C(=O)CCc1ccc(OC)c(F)c1)CCO2. The van der Waals surface area contributed by atoms with Gasteiger partial charge in [0.1, 0.15) is 18.1 Å². The second-order valence-corrected chi connectivity index (χ2v) is 6.11. The normalized spacial score (nSPS) is 13.4. The van der Waals surface area contributed by atoms with Gasteiger partial charge in [0.2, 0.25) is 5.91 Å². The maximum absolute atomic E-state index is 13.8. The van der Waals surface area contributed by atoms with E-state index in [4.69, 9.17) is 14.2 Å². The van der Waals surface area contributed by atoms with E-state index in [0.29, 0.717) is 32.5 Å². The third-order valence-corrected chi connectivity index (χ3v) is 4.44. The molecule has 0 N–H and O–H groups in total. The Labute approximate surface area is 152 Å². The number of halogens is 1. The van der Waals surface area contributed by atoms with Gasteiger partial charge < -0.3 is 19.1 Å². The summed E-state index contributed by atoms with van der Waals surface area (Å²) in [6.45, 7) is 1.44. The van der Waals surface area contributed by atoms with E-state index in [1.807, 2.05) is 18.2 Å². The van der Waals surface area contributed by atoms with E-state index in [2.05, 4.69) is 0 Å². The lowest BCUT2D eigenvalue weighted by molar-refractivity contribution is -0.131. The van der Waals surface area contributed by atoms with Crippen molar-refractivity contribution in [2.75, 3.05) is 27.4 Å². The smallest absolute Gasteiger partial charge is 0.223 e. The van der Waals surface area contributed by atoms with Crippen molar-refractivity contribution in [3.8, 4) is 17.2 Å². The first-order valence-corrected chi connectivity index (χ1v) is 8.50. The Morgan fingerprint density at radius 1 is 1.19 bits per heavy atom. The number of fused-ring (bicyclic) bond motifs is 1. The van der Waals surface area contributed by atoms with Crippen molar-refractivity contribution in [2.24, 2.45) is 0 Å². The van der Waals surface area contributed by atoms with E-state index < -0.39 is 5.82 Å². The molecule has 1 heterocycles. The van der Waals surface area contributed by atoms with Crippen LogP contribution in [0.2, 0.25) is 0 Å². The average Bonchev–Trinajstić information content (AvgIpc) is 2.87. The van der Waals surface area contributed by atoms with Gasteiger partial charge in [-0.15, -0.1) is 0 Å². The lowest BCUT2D eigenvalue weighted by Gasteiger charge is -2.20. The van der Waals surface area contributed by atoms with Gasteiger partial charge in [-0.05, 0) is 42.3 Å². The van der Waals surface area contributed by atoms with Gasteiger partial charge in [-0.2, -0.15) is 0 Å². The number of ether oxygens (including phenoxy) is 3. The van der Waals surface area contributed by atoms with E-state index in [-0.39, 0.29) is 11.7 Å². The first kappa shape index (κ1) is 18.0. The largest absolute Gasteiger partial charge is 0.497 e. The number of methoxy groups -OCH3 is 2. The van der Waals surface area contributed by atoms with E-state index in [1.165, 1.54) is 13.2 Å². The number of hydrogen-bond acceptors (Lipinski definition) is 4. The van der Waals surface area contributed by atoms with Crippen LogP contribution in [0.3, 0.4) is 0 Å². The molecule has 0 fully saturated rings. The van der Waals surface area contributed by atoms with Gasteiger partial charge in [0.05, 0.1) is 20.8 Å². The number of nitrogens with zero attached hydrogens (tertiary/aromatic N) is 1. The van der Waals surface area contributed by atoms with Gasteiger partial charge in [-0.1, -0.05) is 6.07 Å². The van der Waals surface area contributed by atoms with Crippen molar-refractivity contribution in [1.82, 2.24) is 4.90 Å². The van der Waals surface area contributed by atoms with Crippen molar-refractivity contribution >= 4 is 5.91 Å². The predicted octanol–water partition coefficient (Wildman–Crippen LogP) is 3.20. The fourth-order valence-corrected chi connectivity index (χ4v) is 2.99. The fraction of sp³-hybridized carbons (Fsp3) is 0.350. The van der Waals surface area contributed by atoms with E-state index in [0.717, 1.165) is 22.6 Å². The molecule has 2 aromatic carbocycles. The van der Waals surface area contributed by atoms with E-state index in [9.17, 15) is 9.18 Å². The molecule has 3 rings (SSSR count). The second-order valence-electron chi connectivity index (χ2n) is 6.11. The molecule has 1 aliphatic heterocycles. The third-order valence-electron chi connectivity index (χ3n) is 4.44. The van der Waals surface area contributed by atoms with Gasteiger partial charge in [0.25, 0.3) is 0 Å². The number of amides is 1. The Morgan fingerprint density at radius 3 is 2.77 bits per heavy atom. The van der Waals surface area contributed by atoms with Crippen LogP contribution in [0.25, 0.3) is 0 Å². The van der Waals surface area contributed by atoms with Crippen molar-refractivity contribution in [3.63, 3.8) is 0 Å². The molecule has 2 aromatic rings. The number of rotatable bonds is 5. The number of hydrogen-bond donors (Lipinski definition) is 0. The summed E-state index contributed by atoms with van der Waals surface area (Å²) in [6.07, 6.45) is 0.785. The summed E-state index contributed by atoms with van der Waals surface area (Å²) in [6, 6.07) is 10.4. The van der Waals surface area contributed by atoms with Gasteiger partial charge in [0.15, 0.2) is 11.6 Å². The minimum Gasteiger partial charge on any atom is -0.497 e. The minimum absolute atomic E-state index is 0.0143. The van der Waals surface area contributed by atoms with Crippen LogP contribution in [0.4, 0.5) is 4.39 Å². The molecular formula is C20H22FNO4. The molecular weight excluding hydrogens is 337 g/mol. The summed E-state index contributed by atoms with van der Waals surface area (Å²) < 4.78 is 29.7. The molecule has 0 unspecified atom stereocenters. The highest BCUT2D eigenvalue weighted by Gasteiger charge is 2.20. The topological polar surface area (TPSA) is 48.0 Å². The molecule has 5 nitrogen and oxygen atoms in total. The molecule has 0 radical (unpaired) electrons. The van der Waals surface area contributed by atoms with Crippen LogP contribution >= 0.6 is 0 Å². The van der Waals surface area contributed by atoms with Crippen LogP contribution in [0.1, 0.15) is 17.5 Å². The molecule has 0 spiro atoms. The minimum atomic E-state index is -0.415. The molecule has 138 valence electrons. The highest BCUT2D eigenvalue weighted by atomic mass is 19.1. The van der Waals surface area contributed by atoms with Crippen molar-refractivity contribution < 1.29 is 23.4 Å². The number of aryl methyl sites for hydroxylation is 1. The molecule has 0 aliphatic carbocycles. The summed E-state index contributed by atoms with van der Waals surface area (Å²) >= 11 is 0. The lowest BCUT2D eigenvalue weighted by atomic mass is 10.1. The van der Waals surface area contributed by atoms with Crippen LogP contribution in [-0.2, 0) is 17.8 Å². The second kappa shape index (κ2) is 8.08. The molecule has 0 bridgehead atoms. The number of benzene rings is 2. The van der Waals surface area contributed by atoms with Crippen molar-refractivity contribution in [1.29, 1.82) is 0 Å². The standard InChI is InChI=1S/C20H22FNO4/c1-24-16-5-7-18-15(12-16)13-22(9-10-26-18)20(23)8-4-14-3-6-19(25-2)17(21)11-14/h3,5-7,11-12H,4,8-10,13H2,1-2H3. The molecule has 0 saturated carbocycles. The molecule has 1 aliphatic rings. The Kier molecular flexibility index (Phi) is 5.61. The van der Waals surface area contributed by atoms with Crippen LogP contribution in [-0.4, -0.2) is 38.2 Å². The fourth-order valence-electron chi connectivity index (χ4n) is 2.99. The highest BCUT2D eigenvalue weighted by Crippen LogP contribution is 2.27. The Hall–Kier alpha value is -2.76. The quantitative estimate of drug-likeness (QED) is 0.823. The molecule has 0 saturated heterocycles. The molecule has 26 heavy (non-hydrogen) atoms. The highest BCUT2D eigenvalue weighted by molar-refractivity contribution is 5.76. The Balaban J connectivity index is 1.64. The van der Waals surface area contributed by atoms with Crippen LogP contribution in [0.15, 0.2) is 36.4 Å². The third kappa shape index (κ3) is 4.07.